The summed E-state index contributed by atoms with van der Waals surface area (Å²) in [6.07, 6.45) is 0. The van der Waals surface area contributed by atoms with Gasteiger partial charge in [0.25, 0.3) is 5.91 Å². The van der Waals surface area contributed by atoms with E-state index in [-0.39, 0.29) is 24.0 Å². The van der Waals surface area contributed by atoms with Gasteiger partial charge in [-0.25, -0.2) is 0 Å². The maximum atomic E-state index is 12.4. The Morgan fingerprint density at radius 2 is 1.83 bits per heavy atom. The first-order valence-corrected chi connectivity index (χ1v) is 7.55. The average Bonchev–Trinajstić information content (AvgIpc) is 2.55. The number of aryl methyl sites for hydroxylation is 1. The van der Waals surface area contributed by atoms with Gasteiger partial charge in [-0.3, -0.25) is 4.79 Å². The Morgan fingerprint density at radius 1 is 1.12 bits per heavy atom. The lowest BCUT2D eigenvalue weighted by atomic mass is 10.1. The summed E-state index contributed by atoms with van der Waals surface area (Å²) in [6.45, 7) is 1.40. The molecule has 0 bridgehead atoms. The first kappa shape index (κ1) is 17.7. The zero-order chi connectivity index (χ0) is 17.5. The Labute approximate surface area is 139 Å². The van der Waals surface area contributed by atoms with Gasteiger partial charge in [0.1, 0.15) is 0 Å². The maximum absolute atomic E-state index is 12.4. The van der Waals surface area contributed by atoms with Crippen LogP contribution in [0.1, 0.15) is 28.4 Å². The molecule has 2 aromatic rings. The van der Waals surface area contributed by atoms with Crippen LogP contribution in [0.3, 0.4) is 0 Å². The van der Waals surface area contributed by atoms with Crippen LogP contribution in [-0.4, -0.2) is 19.1 Å². The van der Waals surface area contributed by atoms with Gasteiger partial charge >= 0.3 is 6.61 Å². The van der Waals surface area contributed by atoms with E-state index in [2.05, 4.69) is 10.1 Å². The monoisotopic (exact) mass is 335 g/mol. The molecule has 0 saturated carbocycles. The molecular weight excluding hydrogens is 316 g/mol. The first-order valence-electron chi connectivity index (χ1n) is 7.55. The second-order valence-corrected chi connectivity index (χ2v) is 5.14. The van der Waals surface area contributed by atoms with Crippen LogP contribution in [-0.2, 0) is 6.54 Å². The quantitative estimate of drug-likeness (QED) is 0.834. The fourth-order valence-electron chi connectivity index (χ4n) is 2.10. The van der Waals surface area contributed by atoms with E-state index >= 15 is 0 Å². The van der Waals surface area contributed by atoms with Crippen LogP contribution >= 0.6 is 0 Å². The highest BCUT2D eigenvalue weighted by Gasteiger charge is 2.14. The molecule has 0 saturated heterocycles. The summed E-state index contributed by atoms with van der Waals surface area (Å²) in [5.74, 6) is -0.303. The zero-order valence-corrected chi connectivity index (χ0v) is 13.5. The fraction of sp³-hybridized carbons (Fsp3) is 0.278. The lowest BCUT2D eigenvalue weighted by Gasteiger charge is -2.13. The number of hydrogen-bond donors (Lipinski definition) is 1. The summed E-state index contributed by atoms with van der Waals surface area (Å²) < 4.78 is 34.4. The molecule has 0 aliphatic carbocycles. The van der Waals surface area contributed by atoms with E-state index < -0.39 is 6.61 Å². The molecule has 0 atom stereocenters. The SMILES string of the molecule is CCOc1cc(C(=O)NCc2ccc(C)cc2)ccc1OC(F)F. The van der Waals surface area contributed by atoms with E-state index in [0.717, 1.165) is 11.1 Å². The molecule has 2 rings (SSSR count). The lowest BCUT2D eigenvalue weighted by Crippen LogP contribution is -2.22. The number of carbonyl (C=O) groups is 1. The van der Waals surface area contributed by atoms with Gasteiger partial charge in [-0.1, -0.05) is 29.8 Å². The lowest BCUT2D eigenvalue weighted by molar-refractivity contribution is -0.0514. The molecule has 0 radical (unpaired) electrons. The third-order valence-electron chi connectivity index (χ3n) is 3.30. The third kappa shape index (κ3) is 4.94. The van der Waals surface area contributed by atoms with Crippen LogP contribution in [0, 0.1) is 6.92 Å². The van der Waals surface area contributed by atoms with Gasteiger partial charge in [0.2, 0.25) is 0 Å². The van der Waals surface area contributed by atoms with E-state index in [9.17, 15) is 13.6 Å². The molecule has 0 aliphatic rings. The van der Waals surface area contributed by atoms with E-state index in [1.54, 1.807) is 6.92 Å². The minimum atomic E-state index is -2.95. The Hall–Kier alpha value is -2.63. The van der Waals surface area contributed by atoms with Crippen LogP contribution in [0.5, 0.6) is 11.5 Å². The highest BCUT2D eigenvalue weighted by molar-refractivity contribution is 5.94. The molecule has 0 heterocycles. The van der Waals surface area contributed by atoms with Gasteiger partial charge in [-0.2, -0.15) is 8.78 Å². The molecule has 0 fully saturated rings. The average molecular weight is 335 g/mol. The zero-order valence-electron chi connectivity index (χ0n) is 13.5. The van der Waals surface area contributed by atoms with Crippen LogP contribution in [0.2, 0.25) is 0 Å². The molecular formula is C18H19F2NO3. The number of amides is 1. The smallest absolute Gasteiger partial charge is 0.387 e. The minimum absolute atomic E-state index is 0.0954. The van der Waals surface area contributed by atoms with Crippen LogP contribution in [0.4, 0.5) is 8.78 Å². The Morgan fingerprint density at radius 3 is 2.46 bits per heavy atom. The highest BCUT2D eigenvalue weighted by Crippen LogP contribution is 2.29. The normalized spacial score (nSPS) is 10.5. The Kier molecular flexibility index (Phi) is 6.12. The largest absolute Gasteiger partial charge is 0.490 e. The summed E-state index contributed by atoms with van der Waals surface area (Å²) in [7, 11) is 0. The van der Waals surface area contributed by atoms with Gasteiger partial charge < -0.3 is 14.8 Å². The standard InChI is InChI=1S/C18H19F2NO3/c1-3-23-16-10-14(8-9-15(16)24-18(19)20)17(22)21-11-13-6-4-12(2)5-7-13/h4-10,18H,3,11H2,1-2H3,(H,21,22). The molecule has 2 aromatic carbocycles. The van der Waals surface area contributed by atoms with Gasteiger partial charge in [0.05, 0.1) is 6.61 Å². The molecule has 1 N–H and O–H groups in total. The molecule has 24 heavy (non-hydrogen) atoms. The van der Waals surface area contributed by atoms with Crippen molar-refractivity contribution in [3.63, 3.8) is 0 Å². The van der Waals surface area contributed by atoms with Crippen molar-refractivity contribution in [1.29, 1.82) is 0 Å². The van der Waals surface area contributed by atoms with Gasteiger partial charge in [-0.05, 0) is 37.6 Å². The van der Waals surface area contributed by atoms with Crippen molar-refractivity contribution in [1.82, 2.24) is 5.32 Å². The van der Waals surface area contributed by atoms with Crippen LogP contribution < -0.4 is 14.8 Å². The molecule has 0 aromatic heterocycles. The van der Waals surface area contributed by atoms with Crippen molar-refractivity contribution in [2.75, 3.05) is 6.61 Å². The predicted molar refractivity (Wildman–Crippen MR) is 86.6 cm³/mol. The number of hydrogen-bond acceptors (Lipinski definition) is 3. The second kappa shape index (κ2) is 8.29. The summed E-state index contributed by atoms with van der Waals surface area (Å²) >= 11 is 0. The Balaban J connectivity index is 2.07. The summed E-state index contributed by atoms with van der Waals surface area (Å²) in [5.41, 5.74) is 2.42. The van der Waals surface area contributed by atoms with Crippen LogP contribution in [0.25, 0.3) is 0 Å². The van der Waals surface area contributed by atoms with Crippen molar-refractivity contribution in [3.05, 3.63) is 59.2 Å². The number of benzene rings is 2. The van der Waals surface area contributed by atoms with Gasteiger partial charge in [0, 0.05) is 12.1 Å². The first-order chi connectivity index (χ1) is 11.5. The number of rotatable bonds is 7. The molecule has 1 amide bonds. The molecule has 128 valence electrons. The highest BCUT2D eigenvalue weighted by atomic mass is 19.3. The molecule has 4 nitrogen and oxygen atoms in total. The number of ether oxygens (including phenoxy) is 2. The minimum Gasteiger partial charge on any atom is -0.490 e. The topological polar surface area (TPSA) is 47.6 Å². The summed E-state index contributed by atoms with van der Waals surface area (Å²) in [5, 5.41) is 2.78. The summed E-state index contributed by atoms with van der Waals surface area (Å²) in [6, 6.07) is 11.9. The number of nitrogens with one attached hydrogen (secondary N) is 1. The van der Waals surface area contributed by atoms with Gasteiger partial charge in [-0.15, -0.1) is 0 Å². The van der Waals surface area contributed by atoms with Gasteiger partial charge in [0.15, 0.2) is 11.5 Å². The number of halogens is 2. The van der Waals surface area contributed by atoms with E-state index in [1.165, 1.54) is 18.2 Å². The molecule has 6 heteroatoms. The third-order valence-corrected chi connectivity index (χ3v) is 3.30. The van der Waals surface area contributed by atoms with Crippen molar-refractivity contribution >= 4 is 5.91 Å². The Bertz CT molecular complexity index is 687. The number of alkyl halides is 2. The van der Waals surface area contributed by atoms with E-state index in [4.69, 9.17) is 4.74 Å². The molecule has 0 unspecified atom stereocenters. The number of carbonyl (C=O) groups excluding carboxylic acids is 1. The summed E-state index contributed by atoms with van der Waals surface area (Å²) in [4.78, 5) is 12.2. The van der Waals surface area contributed by atoms with Crippen LogP contribution in [0.15, 0.2) is 42.5 Å². The predicted octanol–water partition coefficient (Wildman–Crippen LogP) is 3.93. The van der Waals surface area contributed by atoms with Crippen molar-refractivity contribution in [2.24, 2.45) is 0 Å². The maximum Gasteiger partial charge on any atom is 0.387 e. The van der Waals surface area contributed by atoms with Crippen molar-refractivity contribution in [2.45, 2.75) is 27.0 Å². The fourth-order valence-corrected chi connectivity index (χ4v) is 2.10. The molecule has 0 spiro atoms. The second-order valence-electron chi connectivity index (χ2n) is 5.14. The van der Waals surface area contributed by atoms with E-state index in [1.807, 2.05) is 31.2 Å². The van der Waals surface area contributed by atoms with Crippen molar-refractivity contribution in [3.8, 4) is 11.5 Å². The molecule has 0 aliphatic heterocycles. The van der Waals surface area contributed by atoms with E-state index in [0.29, 0.717) is 12.1 Å². The van der Waals surface area contributed by atoms with Crippen molar-refractivity contribution < 1.29 is 23.0 Å².